The van der Waals surface area contributed by atoms with Gasteiger partial charge in [0.25, 0.3) is 0 Å². The highest BCUT2D eigenvalue weighted by molar-refractivity contribution is 5.89. The third kappa shape index (κ3) is 3.20. The summed E-state index contributed by atoms with van der Waals surface area (Å²) in [5.41, 5.74) is 1.29. The van der Waals surface area contributed by atoms with Crippen LogP contribution >= 0.6 is 0 Å². The molecule has 28 heavy (non-hydrogen) atoms. The third-order valence-electron chi connectivity index (χ3n) is 6.04. The molecular formula is C21H25N3O4. The Balaban J connectivity index is 1.61. The maximum Gasteiger partial charge on any atom is 0.359 e. The molecule has 1 N–H and O–H groups in total. The molecule has 1 aromatic carbocycles. The largest absolute Gasteiger partial charge is 0.481 e. The summed E-state index contributed by atoms with van der Waals surface area (Å²) < 4.78 is 6.87. The molecule has 0 bridgehead atoms. The van der Waals surface area contributed by atoms with Gasteiger partial charge >= 0.3 is 11.9 Å². The third-order valence-corrected chi connectivity index (χ3v) is 6.04. The van der Waals surface area contributed by atoms with E-state index < -0.39 is 17.4 Å². The lowest BCUT2D eigenvalue weighted by molar-refractivity contribution is -0.149. The van der Waals surface area contributed by atoms with Gasteiger partial charge in [0.2, 0.25) is 0 Å². The van der Waals surface area contributed by atoms with E-state index >= 15 is 0 Å². The second kappa shape index (κ2) is 7.39. The molecule has 2 aromatic rings. The highest BCUT2D eigenvalue weighted by Gasteiger charge is 2.54. The summed E-state index contributed by atoms with van der Waals surface area (Å²) in [6, 6.07) is 9.60. The first kappa shape index (κ1) is 18.7. The molecule has 7 heteroatoms. The first-order chi connectivity index (χ1) is 13.5. The number of ether oxygens (including phenoxy) is 1. The number of benzene rings is 1. The standard InChI is InChI=1S/C21H25N3O4/c1-2-28-19(25)18-15(12-24(22-18)17-8-4-3-5-9-17)11-23-13-16-7-6-10-21(16,14-23)20(26)27/h3-5,8-9,12,16H,2,6-7,10-11,13-14H2,1H3,(H,26,27)/t16-,21+/m0/s1. The number of aliphatic carboxylic acids is 1. The molecule has 1 saturated heterocycles. The summed E-state index contributed by atoms with van der Waals surface area (Å²) in [5.74, 6) is -0.956. The molecule has 2 fully saturated rings. The Morgan fingerprint density at radius 1 is 1.32 bits per heavy atom. The predicted octanol–water partition coefficient (Wildman–Crippen LogP) is 2.74. The molecule has 2 atom stereocenters. The SMILES string of the molecule is CCOC(=O)c1nn(-c2ccccc2)cc1CN1C[C@@H]2CCC[C@@]2(C(=O)O)C1. The van der Waals surface area contributed by atoms with Crippen molar-refractivity contribution in [1.29, 1.82) is 0 Å². The normalized spacial score (nSPS) is 24.2. The van der Waals surface area contributed by atoms with E-state index in [1.807, 2.05) is 36.5 Å². The molecule has 1 aliphatic heterocycles. The van der Waals surface area contributed by atoms with Crippen molar-refractivity contribution in [3.05, 3.63) is 47.8 Å². The zero-order chi connectivity index (χ0) is 19.7. The summed E-state index contributed by atoms with van der Waals surface area (Å²) in [4.78, 5) is 26.5. The Bertz CT molecular complexity index is 879. The number of para-hydroxylation sites is 1. The lowest BCUT2D eigenvalue weighted by Crippen LogP contribution is -2.35. The van der Waals surface area contributed by atoms with E-state index in [4.69, 9.17) is 4.74 Å². The van der Waals surface area contributed by atoms with Crippen LogP contribution in [-0.4, -0.2) is 51.4 Å². The van der Waals surface area contributed by atoms with Crippen molar-refractivity contribution in [2.24, 2.45) is 11.3 Å². The highest BCUT2D eigenvalue weighted by atomic mass is 16.5. The van der Waals surface area contributed by atoms with Crippen molar-refractivity contribution in [2.75, 3.05) is 19.7 Å². The quantitative estimate of drug-likeness (QED) is 0.772. The zero-order valence-corrected chi connectivity index (χ0v) is 16.0. The molecule has 1 saturated carbocycles. The summed E-state index contributed by atoms with van der Waals surface area (Å²) in [6.07, 6.45) is 4.52. The Hall–Kier alpha value is -2.67. The minimum absolute atomic E-state index is 0.181. The van der Waals surface area contributed by atoms with Crippen molar-refractivity contribution in [3.8, 4) is 5.69 Å². The van der Waals surface area contributed by atoms with Crippen LogP contribution in [0.2, 0.25) is 0 Å². The monoisotopic (exact) mass is 383 g/mol. The number of carbonyl (C=O) groups is 2. The smallest absolute Gasteiger partial charge is 0.359 e. The first-order valence-corrected chi connectivity index (χ1v) is 9.80. The number of aromatic nitrogens is 2. The topological polar surface area (TPSA) is 84.7 Å². The molecule has 0 amide bonds. The summed E-state index contributed by atoms with van der Waals surface area (Å²) in [6.45, 7) is 3.80. The second-order valence-electron chi connectivity index (χ2n) is 7.72. The van der Waals surface area contributed by atoms with Crippen molar-refractivity contribution in [3.63, 3.8) is 0 Å². The van der Waals surface area contributed by atoms with E-state index in [9.17, 15) is 14.7 Å². The average Bonchev–Trinajstić information content (AvgIpc) is 3.36. The first-order valence-electron chi connectivity index (χ1n) is 9.80. The number of esters is 1. The van der Waals surface area contributed by atoms with E-state index in [2.05, 4.69) is 10.00 Å². The van der Waals surface area contributed by atoms with Gasteiger partial charge in [0.1, 0.15) is 0 Å². The van der Waals surface area contributed by atoms with Gasteiger partial charge in [0, 0.05) is 31.4 Å². The number of carboxylic acid groups (broad SMARTS) is 1. The fourth-order valence-electron chi connectivity index (χ4n) is 4.71. The number of likely N-dealkylation sites (tertiary alicyclic amines) is 1. The molecule has 0 radical (unpaired) electrons. The van der Waals surface area contributed by atoms with Crippen LogP contribution in [-0.2, 0) is 16.1 Å². The van der Waals surface area contributed by atoms with Gasteiger partial charge in [-0.15, -0.1) is 0 Å². The molecule has 148 valence electrons. The molecule has 4 rings (SSSR count). The van der Waals surface area contributed by atoms with Gasteiger partial charge in [0.05, 0.1) is 17.7 Å². The fraction of sp³-hybridized carbons (Fsp3) is 0.476. The fourth-order valence-corrected chi connectivity index (χ4v) is 4.71. The van der Waals surface area contributed by atoms with Gasteiger partial charge < -0.3 is 9.84 Å². The van der Waals surface area contributed by atoms with Crippen molar-refractivity contribution in [2.45, 2.75) is 32.7 Å². The van der Waals surface area contributed by atoms with Crippen LogP contribution in [0.3, 0.4) is 0 Å². The minimum atomic E-state index is -0.692. The number of rotatable bonds is 6. The maximum atomic E-state index is 12.4. The Labute approximate surface area is 163 Å². The van der Waals surface area contributed by atoms with Crippen LogP contribution in [0.4, 0.5) is 0 Å². The van der Waals surface area contributed by atoms with Gasteiger partial charge in [-0.2, -0.15) is 5.10 Å². The van der Waals surface area contributed by atoms with Crippen molar-refractivity contribution in [1.82, 2.24) is 14.7 Å². The van der Waals surface area contributed by atoms with E-state index in [0.29, 0.717) is 18.8 Å². The van der Waals surface area contributed by atoms with Crippen LogP contribution in [0.1, 0.15) is 42.2 Å². The molecule has 0 spiro atoms. The van der Waals surface area contributed by atoms with Crippen LogP contribution in [0.25, 0.3) is 5.69 Å². The van der Waals surface area contributed by atoms with E-state index in [1.165, 1.54) is 0 Å². The molecule has 7 nitrogen and oxygen atoms in total. The summed E-state index contributed by atoms with van der Waals surface area (Å²) in [5, 5.41) is 14.3. The number of carbonyl (C=O) groups excluding carboxylic acids is 1. The minimum Gasteiger partial charge on any atom is -0.481 e. The van der Waals surface area contributed by atoms with Gasteiger partial charge in [0.15, 0.2) is 5.69 Å². The van der Waals surface area contributed by atoms with E-state index in [-0.39, 0.29) is 12.5 Å². The average molecular weight is 383 g/mol. The number of nitrogens with zero attached hydrogens (tertiary/aromatic N) is 3. The van der Waals surface area contributed by atoms with Crippen LogP contribution in [0, 0.1) is 11.3 Å². The Kier molecular flexibility index (Phi) is 4.93. The van der Waals surface area contributed by atoms with Gasteiger partial charge in [-0.3, -0.25) is 9.69 Å². The predicted molar refractivity (Wildman–Crippen MR) is 102 cm³/mol. The molecular weight excluding hydrogens is 358 g/mol. The molecule has 2 aliphatic rings. The summed E-state index contributed by atoms with van der Waals surface area (Å²) >= 11 is 0. The maximum absolute atomic E-state index is 12.4. The second-order valence-corrected chi connectivity index (χ2v) is 7.72. The zero-order valence-electron chi connectivity index (χ0n) is 16.0. The Morgan fingerprint density at radius 3 is 2.79 bits per heavy atom. The molecule has 1 aromatic heterocycles. The van der Waals surface area contributed by atoms with E-state index in [0.717, 1.165) is 37.1 Å². The number of hydrogen-bond donors (Lipinski definition) is 1. The lowest BCUT2D eigenvalue weighted by Gasteiger charge is -2.23. The number of fused-ring (bicyclic) bond motifs is 1. The van der Waals surface area contributed by atoms with Gasteiger partial charge in [-0.1, -0.05) is 24.6 Å². The van der Waals surface area contributed by atoms with Crippen LogP contribution < -0.4 is 0 Å². The van der Waals surface area contributed by atoms with Gasteiger partial charge in [-0.25, -0.2) is 9.48 Å². The lowest BCUT2D eigenvalue weighted by atomic mass is 9.81. The molecule has 1 aliphatic carbocycles. The van der Waals surface area contributed by atoms with Gasteiger partial charge in [-0.05, 0) is 37.8 Å². The Morgan fingerprint density at radius 2 is 2.11 bits per heavy atom. The summed E-state index contributed by atoms with van der Waals surface area (Å²) in [7, 11) is 0. The van der Waals surface area contributed by atoms with Crippen LogP contribution in [0.5, 0.6) is 0 Å². The highest BCUT2D eigenvalue weighted by Crippen LogP contribution is 2.49. The molecule has 2 heterocycles. The molecule has 0 unspecified atom stereocenters. The van der Waals surface area contributed by atoms with Crippen LogP contribution in [0.15, 0.2) is 36.5 Å². The number of hydrogen-bond acceptors (Lipinski definition) is 5. The van der Waals surface area contributed by atoms with E-state index in [1.54, 1.807) is 11.6 Å². The van der Waals surface area contributed by atoms with Crippen molar-refractivity contribution < 1.29 is 19.4 Å². The van der Waals surface area contributed by atoms with Crippen molar-refractivity contribution >= 4 is 11.9 Å². The number of carboxylic acids is 1.